The van der Waals surface area contributed by atoms with E-state index in [-0.39, 0.29) is 0 Å². The molecule has 0 amide bonds. The number of aryl methyl sites for hydroxylation is 1. The molecule has 0 saturated carbocycles. The van der Waals surface area contributed by atoms with Crippen molar-refractivity contribution in [1.29, 1.82) is 0 Å². The highest BCUT2D eigenvalue weighted by atomic mass is 79.9. The number of hydrogen-bond donors (Lipinski definition) is 1. The van der Waals surface area contributed by atoms with Crippen LogP contribution in [0.1, 0.15) is 5.69 Å². The summed E-state index contributed by atoms with van der Waals surface area (Å²) in [5, 5.41) is 6.20. The zero-order chi connectivity index (χ0) is 7.56. The summed E-state index contributed by atoms with van der Waals surface area (Å²) in [4.78, 5) is 0. The highest BCUT2D eigenvalue weighted by molar-refractivity contribution is 9.10. The first-order chi connectivity index (χ1) is 4.75. The highest BCUT2D eigenvalue weighted by Gasteiger charge is 2.04. The molecule has 0 spiro atoms. The molecule has 56 valence electrons. The van der Waals surface area contributed by atoms with Gasteiger partial charge >= 0.3 is 0 Å². The van der Waals surface area contributed by atoms with E-state index in [4.69, 9.17) is 0 Å². The third kappa shape index (κ3) is 1.38. The van der Waals surface area contributed by atoms with Crippen molar-refractivity contribution >= 4 is 15.9 Å². The monoisotopic (exact) mass is 204 g/mol. The SMILES string of the molecule is C[NH2+]Cc1c(Br)cnn1C. The maximum absolute atomic E-state index is 4.08. The van der Waals surface area contributed by atoms with Gasteiger partial charge in [-0.2, -0.15) is 5.10 Å². The summed E-state index contributed by atoms with van der Waals surface area (Å²) in [5.41, 5.74) is 1.22. The third-order valence-corrected chi connectivity index (χ3v) is 2.07. The van der Waals surface area contributed by atoms with Crippen LogP contribution in [0.4, 0.5) is 0 Å². The zero-order valence-corrected chi connectivity index (χ0v) is 7.72. The van der Waals surface area contributed by atoms with Gasteiger partial charge in [-0.3, -0.25) is 4.68 Å². The summed E-state index contributed by atoms with van der Waals surface area (Å²) >= 11 is 3.41. The first-order valence-corrected chi connectivity index (χ1v) is 3.99. The Morgan fingerprint density at radius 2 is 2.50 bits per heavy atom. The molecule has 0 unspecified atom stereocenters. The van der Waals surface area contributed by atoms with Gasteiger partial charge in [0.2, 0.25) is 0 Å². The fraction of sp³-hybridized carbons (Fsp3) is 0.500. The first kappa shape index (κ1) is 7.75. The molecular formula is C6H11BrN3+. The predicted molar refractivity (Wildman–Crippen MR) is 42.5 cm³/mol. The second kappa shape index (κ2) is 3.16. The van der Waals surface area contributed by atoms with Crippen LogP contribution in [0, 0.1) is 0 Å². The molecule has 3 nitrogen and oxygen atoms in total. The minimum Gasteiger partial charge on any atom is -0.344 e. The van der Waals surface area contributed by atoms with E-state index in [9.17, 15) is 0 Å². The molecule has 1 rings (SSSR count). The Bertz CT molecular complexity index is 199. The van der Waals surface area contributed by atoms with Crippen LogP contribution in [-0.2, 0) is 13.6 Å². The number of quaternary nitrogens is 1. The van der Waals surface area contributed by atoms with Crippen molar-refractivity contribution in [3.8, 4) is 0 Å². The van der Waals surface area contributed by atoms with Gasteiger partial charge in [0.1, 0.15) is 12.2 Å². The van der Waals surface area contributed by atoms with E-state index in [1.165, 1.54) is 5.69 Å². The highest BCUT2D eigenvalue weighted by Crippen LogP contribution is 2.12. The number of nitrogens with zero attached hydrogens (tertiary/aromatic N) is 2. The molecule has 0 aromatic carbocycles. The van der Waals surface area contributed by atoms with Crippen LogP contribution < -0.4 is 5.32 Å². The maximum atomic E-state index is 4.08. The summed E-state index contributed by atoms with van der Waals surface area (Å²) in [5.74, 6) is 0. The quantitative estimate of drug-likeness (QED) is 0.717. The van der Waals surface area contributed by atoms with E-state index >= 15 is 0 Å². The van der Waals surface area contributed by atoms with Crippen molar-refractivity contribution in [2.75, 3.05) is 7.05 Å². The normalized spacial score (nSPS) is 10.3. The van der Waals surface area contributed by atoms with E-state index in [0.717, 1.165) is 11.0 Å². The second-order valence-corrected chi connectivity index (χ2v) is 3.03. The fourth-order valence-electron chi connectivity index (χ4n) is 0.859. The standard InChI is InChI=1S/C6H10BrN3/c1-8-4-6-5(7)3-9-10(6)2/h3,8H,4H2,1-2H3/p+1. The van der Waals surface area contributed by atoms with Crippen molar-refractivity contribution in [3.05, 3.63) is 16.4 Å². The fourth-order valence-corrected chi connectivity index (χ4v) is 1.37. The maximum Gasteiger partial charge on any atom is 0.119 e. The average molecular weight is 205 g/mol. The van der Waals surface area contributed by atoms with Gasteiger partial charge in [-0.15, -0.1) is 0 Å². The summed E-state index contributed by atoms with van der Waals surface area (Å²) in [6.45, 7) is 0.969. The largest absolute Gasteiger partial charge is 0.344 e. The number of halogens is 1. The lowest BCUT2D eigenvalue weighted by atomic mass is 10.4. The lowest BCUT2D eigenvalue weighted by molar-refractivity contribution is -0.644. The van der Waals surface area contributed by atoms with Crippen LogP contribution in [0.2, 0.25) is 0 Å². The Morgan fingerprint density at radius 3 is 2.90 bits per heavy atom. The molecule has 4 heteroatoms. The lowest BCUT2D eigenvalue weighted by Gasteiger charge is -1.97. The Labute approximate surface area is 68.6 Å². The Kier molecular flexibility index (Phi) is 2.45. The summed E-state index contributed by atoms with van der Waals surface area (Å²) < 4.78 is 2.97. The van der Waals surface area contributed by atoms with E-state index < -0.39 is 0 Å². The Morgan fingerprint density at radius 1 is 1.80 bits per heavy atom. The predicted octanol–water partition coefficient (Wildman–Crippen LogP) is -0.124. The van der Waals surface area contributed by atoms with Crippen molar-refractivity contribution in [3.63, 3.8) is 0 Å². The van der Waals surface area contributed by atoms with Gasteiger partial charge in [0.15, 0.2) is 0 Å². The number of rotatable bonds is 2. The molecule has 0 aliphatic rings. The molecule has 0 bridgehead atoms. The zero-order valence-electron chi connectivity index (χ0n) is 6.13. The van der Waals surface area contributed by atoms with Crippen molar-refractivity contribution in [1.82, 2.24) is 9.78 Å². The molecule has 0 radical (unpaired) electrons. The molecule has 2 N–H and O–H groups in total. The van der Waals surface area contributed by atoms with E-state index in [1.54, 1.807) is 0 Å². The van der Waals surface area contributed by atoms with E-state index in [1.807, 2.05) is 25.0 Å². The van der Waals surface area contributed by atoms with Crippen molar-refractivity contribution in [2.24, 2.45) is 7.05 Å². The van der Waals surface area contributed by atoms with Gasteiger partial charge in [-0.1, -0.05) is 0 Å². The number of hydrogen-bond acceptors (Lipinski definition) is 1. The van der Waals surface area contributed by atoms with Crippen LogP contribution in [0.3, 0.4) is 0 Å². The molecule has 0 saturated heterocycles. The van der Waals surface area contributed by atoms with Crippen LogP contribution in [0.15, 0.2) is 10.7 Å². The number of nitrogens with two attached hydrogens (primary N) is 1. The van der Waals surface area contributed by atoms with Crippen LogP contribution in [0.25, 0.3) is 0 Å². The lowest BCUT2D eigenvalue weighted by Crippen LogP contribution is -2.78. The van der Waals surface area contributed by atoms with Gasteiger partial charge < -0.3 is 5.32 Å². The van der Waals surface area contributed by atoms with Crippen LogP contribution >= 0.6 is 15.9 Å². The van der Waals surface area contributed by atoms with Crippen molar-refractivity contribution < 1.29 is 5.32 Å². The molecule has 0 aliphatic heterocycles. The minimum atomic E-state index is 0.969. The minimum absolute atomic E-state index is 0.969. The van der Waals surface area contributed by atoms with E-state index in [0.29, 0.717) is 0 Å². The van der Waals surface area contributed by atoms with E-state index in [2.05, 4.69) is 26.3 Å². The smallest absolute Gasteiger partial charge is 0.119 e. The van der Waals surface area contributed by atoms with Crippen molar-refractivity contribution in [2.45, 2.75) is 6.54 Å². The second-order valence-electron chi connectivity index (χ2n) is 2.18. The summed E-state index contributed by atoms with van der Waals surface area (Å²) in [7, 11) is 3.99. The molecule has 0 aliphatic carbocycles. The molecular weight excluding hydrogens is 194 g/mol. The van der Waals surface area contributed by atoms with Gasteiger partial charge in [-0.25, -0.2) is 0 Å². The van der Waals surface area contributed by atoms with Crippen LogP contribution in [-0.4, -0.2) is 16.8 Å². The first-order valence-electron chi connectivity index (χ1n) is 3.20. The topological polar surface area (TPSA) is 34.4 Å². The molecule has 1 aromatic heterocycles. The molecule has 10 heavy (non-hydrogen) atoms. The Balaban J connectivity index is 2.87. The van der Waals surface area contributed by atoms with Gasteiger partial charge in [0.25, 0.3) is 0 Å². The average Bonchev–Trinajstić information content (AvgIpc) is 2.20. The number of aromatic nitrogens is 2. The molecule has 0 atom stereocenters. The molecule has 1 aromatic rings. The molecule has 1 heterocycles. The summed E-state index contributed by atoms with van der Waals surface area (Å²) in [6.07, 6.45) is 1.82. The molecule has 0 fully saturated rings. The van der Waals surface area contributed by atoms with Gasteiger partial charge in [0.05, 0.1) is 17.7 Å². The van der Waals surface area contributed by atoms with Gasteiger partial charge in [0, 0.05) is 7.05 Å². The third-order valence-electron chi connectivity index (χ3n) is 1.41. The van der Waals surface area contributed by atoms with Gasteiger partial charge in [-0.05, 0) is 15.9 Å². The Hall–Kier alpha value is -0.350. The summed E-state index contributed by atoms with van der Waals surface area (Å²) in [6, 6.07) is 0. The van der Waals surface area contributed by atoms with Crippen LogP contribution in [0.5, 0.6) is 0 Å².